The second kappa shape index (κ2) is 9.68. The fourth-order valence-corrected chi connectivity index (χ4v) is 4.49. The lowest BCUT2D eigenvalue weighted by Crippen LogP contribution is -2.20. The van der Waals surface area contributed by atoms with Gasteiger partial charge in [0.15, 0.2) is 0 Å². The number of carbonyl (C=O) groups is 3. The summed E-state index contributed by atoms with van der Waals surface area (Å²) in [5.74, 6) is -3.66. The van der Waals surface area contributed by atoms with Crippen LogP contribution in [0.5, 0.6) is 0 Å². The molecule has 0 heterocycles. The van der Waals surface area contributed by atoms with Gasteiger partial charge in [0.2, 0.25) is 0 Å². The van der Waals surface area contributed by atoms with E-state index in [1.165, 1.54) is 23.1 Å². The van der Waals surface area contributed by atoms with E-state index in [9.17, 15) is 29.7 Å². The van der Waals surface area contributed by atoms with Gasteiger partial charge in [0.1, 0.15) is 0 Å². The average Bonchev–Trinajstić information content (AvgIpc) is 2.70. The van der Waals surface area contributed by atoms with Crippen molar-refractivity contribution in [2.24, 2.45) is 0 Å². The monoisotopic (exact) mass is 755 g/mol. The molecule has 3 aromatic rings. The Hall–Kier alpha value is -1.94. The zero-order valence-electron chi connectivity index (χ0n) is 15.3. The first-order chi connectivity index (χ1) is 14.6. The predicted octanol–water partition coefficient (Wildman–Crippen LogP) is 6.06. The standard InChI is InChI=1S/C21H12I3NO6/c22-10-1-4-16(13(7-10)19(26)27)25(17-5-2-11(23)8-14(17)20(28)29)18-6-3-12(24)9-15(18)21(30)31/h1-9H,(H,26,27)(H,28,29)(H,30,31). The number of carboxylic acid groups (broad SMARTS) is 3. The summed E-state index contributed by atoms with van der Waals surface area (Å²) in [6.07, 6.45) is 0. The minimum absolute atomic E-state index is 0.0864. The van der Waals surface area contributed by atoms with E-state index >= 15 is 0 Å². The van der Waals surface area contributed by atoms with Gasteiger partial charge in [-0.05, 0) is 122 Å². The summed E-state index contributed by atoms with van der Waals surface area (Å²) in [6.45, 7) is 0. The summed E-state index contributed by atoms with van der Waals surface area (Å²) in [5.41, 5.74) is 0.200. The number of aromatic carboxylic acids is 3. The normalized spacial score (nSPS) is 10.5. The first-order valence-corrected chi connectivity index (χ1v) is 11.7. The maximum Gasteiger partial charge on any atom is 0.337 e. The van der Waals surface area contributed by atoms with E-state index in [4.69, 9.17) is 0 Å². The average molecular weight is 755 g/mol. The largest absolute Gasteiger partial charge is 0.478 e. The fraction of sp³-hybridized carbons (Fsp3) is 0. The molecule has 31 heavy (non-hydrogen) atoms. The Labute approximate surface area is 217 Å². The van der Waals surface area contributed by atoms with Crippen LogP contribution in [0.15, 0.2) is 54.6 Å². The molecule has 158 valence electrons. The van der Waals surface area contributed by atoms with Gasteiger partial charge in [0, 0.05) is 10.7 Å². The van der Waals surface area contributed by atoms with Crippen molar-refractivity contribution < 1.29 is 29.7 Å². The number of hydrogen-bond donors (Lipinski definition) is 3. The molecule has 7 nitrogen and oxygen atoms in total. The van der Waals surface area contributed by atoms with Crippen molar-refractivity contribution in [3.63, 3.8) is 0 Å². The molecule has 0 saturated heterocycles. The van der Waals surface area contributed by atoms with Crippen LogP contribution in [-0.2, 0) is 0 Å². The molecule has 3 N–H and O–H groups in total. The Kier molecular flexibility index (Phi) is 7.41. The second-order valence-electron chi connectivity index (χ2n) is 6.24. The summed E-state index contributed by atoms with van der Waals surface area (Å²) in [4.78, 5) is 37.4. The minimum Gasteiger partial charge on any atom is -0.478 e. The minimum atomic E-state index is -1.22. The van der Waals surface area contributed by atoms with Crippen molar-refractivity contribution in [3.05, 3.63) is 82.0 Å². The molecule has 0 atom stereocenters. The highest BCUT2D eigenvalue weighted by atomic mass is 127. The molecule has 0 saturated carbocycles. The number of halogens is 3. The molecular weight excluding hydrogens is 743 g/mol. The molecule has 0 spiro atoms. The summed E-state index contributed by atoms with van der Waals surface area (Å²) in [7, 11) is 0. The zero-order chi connectivity index (χ0) is 22.9. The number of hydrogen-bond acceptors (Lipinski definition) is 4. The molecule has 0 fully saturated rings. The number of rotatable bonds is 6. The van der Waals surface area contributed by atoms with Gasteiger partial charge in [0.05, 0.1) is 33.8 Å². The van der Waals surface area contributed by atoms with Crippen LogP contribution in [0.1, 0.15) is 31.1 Å². The first-order valence-electron chi connectivity index (χ1n) is 8.49. The molecular formula is C21H12I3NO6. The van der Waals surface area contributed by atoms with Crippen molar-refractivity contribution in [1.82, 2.24) is 0 Å². The highest BCUT2D eigenvalue weighted by Crippen LogP contribution is 2.41. The molecule has 0 aromatic heterocycles. The van der Waals surface area contributed by atoms with Crippen LogP contribution < -0.4 is 4.90 Å². The van der Waals surface area contributed by atoms with E-state index < -0.39 is 17.9 Å². The van der Waals surface area contributed by atoms with Crippen LogP contribution in [0.4, 0.5) is 17.1 Å². The van der Waals surface area contributed by atoms with Crippen molar-refractivity contribution >= 4 is 103 Å². The molecule has 0 aliphatic rings. The van der Waals surface area contributed by atoms with E-state index in [0.29, 0.717) is 10.7 Å². The third kappa shape index (κ3) is 5.11. The Morgan fingerprint density at radius 3 is 1.03 bits per heavy atom. The highest BCUT2D eigenvalue weighted by Gasteiger charge is 2.27. The number of nitrogens with zero attached hydrogens (tertiary/aromatic N) is 1. The van der Waals surface area contributed by atoms with Crippen molar-refractivity contribution in [1.29, 1.82) is 0 Å². The van der Waals surface area contributed by atoms with E-state index in [2.05, 4.69) is 0 Å². The molecule has 10 heteroatoms. The number of carboxylic acids is 3. The van der Waals surface area contributed by atoms with Gasteiger partial charge in [-0.2, -0.15) is 0 Å². The van der Waals surface area contributed by atoms with E-state index in [1.807, 2.05) is 67.8 Å². The van der Waals surface area contributed by atoms with Crippen LogP contribution in [0.2, 0.25) is 0 Å². The maximum atomic E-state index is 12.0. The maximum absolute atomic E-state index is 12.0. The molecule has 0 amide bonds. The van der Waals surface area contributed by atoms with Crippen molar-refractivity contribution in [2.75, 3.05) is 4.90 Å². The van der Waals surface area contributed by atoms with Gasteiger partial charge in [-0.1, -0.05) is 0 Å². The lowest BCUT2D eigenvalue weighted by Gasteiger charge is -2.29. The third-order valence-corrected chi connectivity index (χ3v) is 6.30. The van der Waals surface area contributed by atoms with E-state index in [0.717, 1.165) is 0 Å². The van der Waals surface area contributed by atoms with Crippen molar-refractivity contribution in [2.45, 2.75) is 0 Å². The molecule has 0 aliphatic carbocycles. The van der Waals surface area contributed by atoms with Gasteiger partial charge < -0.3 is 20.2 Å². The molecule has 0 unspecified atom stereocenters. The zero-order valence-corrected chi connectivity index (χ0v) is 21.8. The quantitative estimate of drug-likeness (QED) is 0.262. The Morgan fingerprint density at radius 1 is 0.548 bits per heavy atom. The van der Waals surface area contributed by atoms with E-state index in [-0.39, 0.29) is 33.8 Å². The smallest absolute Gasteiger partial charge is 0.337 e. The van der Waals surface area contributed by atoms with Crippen LogP contribution in [0, 0.1) is 10.7 Å². The topological polar surface area (TPSA) is 115 Å². The molecule has 3 rings (SSSR count). The first kappa shape index (κ1) is 23.7. The Balaban J connectivity index is 2.46. The fourth-order valence-electron chi connectivity index (χ4n) is 3.01. The number of anilines is 3. The van der Waals surface area contributed by atoms with Crippen LogP contribution in [-0.4, -0.2) is 33.2 Å². The van der Waals surface area contributed by atoms with Crippen LogP contribution >= 0.6 is 67.8 Å². The summed E-state index contributed by atoms with van der Waals surface area (Å²) in [5, 5.41) is 29.4. The predicted molar refractivity (Wildman–Crippen MR) is 140 cm³/mol. The van der Waals surface area contributed by atoms with Crippen LogP contribution in [0.25, 0.3) is 0 Å². The second-order valence-corrected chi connectivity index (χ2v) is 9.97. The summed E-state index contributed by atoms with van der Waals surface area (Å²) < 4.78 is 2.00. The van der Waals surface area contributed by atoms with Gasteiger partial charge in [-0.3, -0.25) is 0 Å². The number of benzene rings is 3. The Bertz CT molecular complexity index is 1080. The molecule has 0 aliphatic heterocycles. The summed E-state index contributed by atoms with van der Waals surface area (Å²) >= 11 is 5.94. The lowest BCUT2D eigenvalue weighted by molar-refractivity contribution is 0.0688. The third-order valence-electron chi connectivity index (χ3n) is 4.29. The van der Waals surface area contributed by atoms with Gasteiger partial charge in [-0.25, -0.2) is 14.4 Å². The van der Waals surface area contributed by atoms with Crippen molar-refractivity contribution in [3.8, 4) is 0 Å². The lowest BCUT2D eigenvalue weighted by atomic mass is 10.0. The molecule has 3 aromatic carbocycles. The summed E-state index contributed by atoms with van der Waals surface area (Å²) in [6, 6.07) is 14.0. The van der Waals surface area contributed by atoms with Gasteiger partial charge in [-0.15, -0.1) is 0 Å². The molecule has 0 bridgehead atoms. The van der Waals surface area contributed by atoms with Crippen LogP contribution in [0.3, 0.4) is 0 Å². The highest BCUT2D eigenvalue weighted by molar-refractivity contribution is 14.1. The molecule has 0 radical (unpaired) electrons. The van der Waals surface area contributed by atoms with Gasteiger partial charge >= 0.3 is 17.9 Å². The SMILES string of the molecule is O=C(O)c1cc(I)ccc1N(c1ccc(I)cc1C(=O)O)c1ccc(I)cc1C(=O)O. The van der Waals surface area contributed by atoms with E-state index in [1.54, 1.807) is 36.4 Å². The Morgan fingerprint density at radius 2 is 0.806 bits per heavy atom. The van der Waals surface area contributed by atoms with Gasteiger partial charge in [0.25, 0.3) is 0 Å².